The summed E-state index contributed by atoms with van der Waals surface area (Å²) in [5, 5.41) is 9.52. The number of allylic oxidation sites excluding steroid dienone is 1. The van der Waals surface area contributed by atoms with E-state index in [1.54, 1.807) is 11.3 Å². The molecular weight excluding hydrogens is 396 g/mol. The molecule has 0 atom stereocenters. The molecule has 0 saturated carbocycles. The molecule has 5 heteroatoms. The predicted octanol–water partition coefficient (Wildman–Crippen LogP) is 6.84. The SMILES string of the molecule is Cc1ccc(COc2ccc(C=C(C#N)Sc3nc4ccccc4s3)cc2)cc1. The number of hydrogen-bond donors (Lipinski definition) is 0. The number of benzene rings is 3. The van der Waals surface area contributed by atoms with Gasteiger partial charge in [0.25, 0.3) is 0 Å². The Labute approximate surface area is 178 Å². The Morgan fingerprint density at radius 1 is 1.07 bits per heavy atom. The second-order valence-electron chi connectivity index (χ2n) is 6.51. The van der Waals surface area contributed by atoms with E-state index in [1.807, 2.05) is 54.6 Å². The van der Waals surface area contributed by atoms with E-state index in [4.69, 9.17) is 4.74 Å². The lowest BCUT2D eigenvalue weighted by atomic mass is 10.2. The smallest absolute Gasteiger partial charge is 0.156 e. The Morgan fingerprint density at radius 3 is 2.55 bits per heavy atom. The van der Waals surface area contributed by atoms with Crippen LogP contribution in [0, 0.1) is 18.3 Å². The van der Waals surface area contributed by atoms with Crippen LogP contribution in [0.2, 0.25) is 0 Å². The number of nitriles is 1. The maximum Gasteiger partial charge on any atom is 0.156 e. The maximum absolute atomic E-state index is 9.52. The Kier molecular flexibility index (Phi) is 5.95. The molecule has 0 fully saturated rings. The first-order valence-electron chi connectivity index (χ1n) is 9.13. The predicted molar refractivity (Wildman–Crippen MR) is 121 cm³/mol. The highest BCUT2D eigenvalue weighted by Gasteiger charge is 2.07. The lowest BCUT2D eigenvalue weighted by molar-refractivity contribution is 0.306. The fourth-order valence-corrected chi connectivity index (χ4v) is 4.71. The first-order valence-corrected chi connectivity index (χ1v) is 10.8. The number of para-hydroxylation sites is 1. The normalized spacial score (nSPS) is 11.4. The van der Waals surface area contributed by atoms with Crippen LogP contribution in [-0.2, 0) is 6.61 Å². The number of thiazole rings is 1. The molecule has 0 radical (unpaired) electrons. The first-order chi connectivity index (χ1) is 14.2. The van der Waals surface area contributed by atoms with Gasteiger partial charge in [0.05, 0.1) is 15.1 Å². The summed E-state index contributed by atoms with van der Waals surface area (Å²) in [4.78, 5) is 5.19. The molecule has 0 spiro atoms. The molecule has 29 heavy (non-hydrogen) atoms. The van der Waals surface area contributed by atoms with E-state index in [0.717, 1.165) is 31.4 Å². The maximum atomic E-state index is 9.52. The molecule has 142 valence electrons. The molecule has 4 aromatic rings. The van der Waals surface area contributed by atoms with Crippen molar-refractivity contribution in [2.45, 2.75) is 17.9 Å². The number of ether oxygens (including phenoxy) is 1. The van der Waals surface area contributed by atoms with Gasteiger partial charge in [0.1, 0.15) is 18.4 Å². The molecule has 0 amide bonds. The number of hydrogen-bond acceptors (Lipinski definition) is 5. The van der Waals surface area contributed by atoms with Gasteiger partial charge in [0, 0.05) is 0 Å². The number of aromatic nitrogens is 1. The quantitative estimate of drug-likeness (QED) is 0.256. The summed E-state index contributed by atoms with van der Waals surface area (Å²) in [6.45, 7) is 2.61. The molecule has 0 N–H and O–H groups in total. The van der Waals surface area contributed by atoms with Crippen LogP contribution in [-0.4, -0.2) is 4.98 Å². The molecule has 0 unspecified atom stereocenters. The van der Waals surface area contributed by atoms with E-state index >= 15 is 0 Å². The highest BCUT2D eigenvalue weighted by molar-refractivity contribution is 8.05. The van der Waals surface area contributed by atoms with Gasteiger partial charge in [-0.25, -0.2) is 4.98 Å². The van der Waals surface area contributed by atoms with Crippen molar-refractivity contribution in [3.63, 3.8) is 0 Å². The van der Waals surface area contributed by atoms with Crippen LogP contribution in [0.1, 0.15) is 16.7 Å². The second-order valence-corrected chi connectivity index (χ2v) is 8.83. The minimum Gasteiger partial charge on any atom is -0.489 e. The van der Waals surface area contributed by atoms with Crippen LogP contribution in [0.15, 0.2) is 82.0 Å². The molecule has 3 nitrogen and oxygen atoms in total. The van der Waals surface area contributed by atoms with E-state index in [0.29, 0.717) is 11.5 Å². The molecule has 4 rings (SSSR count). The molecule has 0 aliphatic rings. The first kappa shape index (κ1) is 19.3. The van der Waals surface area contributed by atoms with Crippen molar-refractivity contribution in [1.29, 1.82) is 5.26 Å². The standard InChI is InChI=1S/C24H18N2OS2/c1-17-6-8-19(9-7-17)16-27-20-12-10-18(11-13-20)14-21(15-25)28-24-26-22-4-2-3-5-23(22)29-24/h2-14H,16H2,1H3. The Bertz CT molecular complexity index is 1150. The van der Waals surface area contributed by atoms with Crippen LogP contribution in [0.25, 0.3) is 16.3 Å². The van der Waals surface area contributed by atoms with Gasteiger partial charge >= 0.3 is 0 Å². The fourth-order valence-electron chi connectivity index (χ4n) is 2.74. The van der Waals surface area contributed by atoms with Crippen LogP contribution >= 0.6 is 23.1 Å². The van der Waals surface area contributed by atoms with Crippen LogP contribution in [0.4, 0.5) is 0 Å². The zero-order chi connectivity index (χ0) is 20.1. The molecule has 0 bridgehead atoms. The third-order valence-electron chi connectivity index (χ3n) is 4.29. The summed E-state index contributed by atoms with van der Waals surface area (Å²) in [6.07, 6.45) is 1.88. The molecule has 0 saturated heterocycles. The van der Waals surface area contributed by atoms with E-state index in [9.17, 15) is 5.26 Å². The molecule has 1 aromatic heterocycles. The van der Waals surface area contributed by atoms with Gasteiger partial charge in [-0.05, 0) is 60.2 Å². The lowest BCUT2D eigenvalue weighted by Crippen LogP contribution is -1.95. The number of nitrogens with zero attached hydrogens (tertiary/aromatic N) is 2. The summed E-state index contributed by atoms with van der Waals surface area (Å²) in [7, 11) is 0. The number of aryl methyl sites for hydroxylation is 1. The van der Waals surface area contributed by atoms with Crippen molar-refractivity contribution in [2.75, 3.05) is 0 Å². The molecule has 0 aliphatic heterocycles. The van der Waals surface area contributed by atoms with Crippen molar-refractivity contribution in [1.82, 2.24) is 4.98 Å². The van der Waals surface area contributed by atoms with E-state index in [2.05, 4.69) is 42.2 Å². The molecule has 0 aliphatic carbocycles. The topological polar surface area (TPSA) is 45.9 Å². The van der Waals surface area contributed by atoms with Crippen molar-refractivity contribution in [3.8, 4) is 11.8 Å². The highest BCUT2D eigenvalue weighted by atomic mass is 32.2. The van der Waals surface area contributed by atoms with Gasteiger partial charge < -0.3 is 4.74 Å². The minimum absolute atomic E-state index is 0.534. The van der Waals surface area contributed by atoms with Gasteiger partial charge in [0.2, 0.25) is 0 Å². The third kappa shape index (κ3) is 5.05. The summed E-state index contributed by atoms with van der Waals surface area (Å²) in [5.74, 6) is 0.806. The summed E-state index contributed by atoms with van der Waals surface area (Å²) in [6, 6.07) is 26.4. The monoisotopic (exact) mass is 414 g/mol. The average molecular weight is 415 g/mol. The number of fused-ring (bicyclic) bond motifs is 1. The number of thioether (sulfide) groups is 1. The zero-order valence-corrected chi connectivity index (χ0v) is 17.5. The highest BCUT2D eigenvalue weighted by Crippen LogP contribution is 2.34. The van der Waals surface area contributed by atoms with Gasteiger partial charge in [-0.1, -0.05) is 54.1 Å². The van der Waals surface area contributed by atoms with E-state index in [1.165, 1.54) is 17.3 Å². The molecule has 1 heterocycles. The van der Waals surface area contributed by atoms with Crippen LogP contribution in [0.5, 0.6) is 5.75 Å². The Morgan fingerprint density at radius 2 is 1.83 bits per heavy atom. The molecule has 3 aromatic carbocycles. The Hall–Kier alpha value is -3.07. The van der Waals surface area contributed by atoms with Gasteiger partial charge in [0.15, 0.2) is 4.34 Å². The summed E-state index contributed by atoms with van der Waals surface area (Å²) < 4.78 is 7.85. The van der Waals surface area contributed by atoms with Crippen molar-refractivity contribution in [3.05, 3.63) is 94.4 Å². The largest absolute Gasteiger partial charge is 0.489 e. The van der Waals surface area contributed by atoms with E-state index < -0.39 is 0 Å². The van der Waals surface area contributed by atoms with Gasteiger partial charge in [-0.15, -0.1) is 11.3 Å². The zero-order valence-electron chi connectivity index (χ0n) is 15.8. The van der Waals surface area contributed by atoms with Gasteiger partial charge in [-0.2, -0.15) is 5.26 Å². The minimum atomic E-state index is 0.534. The van der Waals surface area contributed by atoms with Crippen LogP contribution in [0.3, 0.4) is 0 Å². The fraction of sp³-hybridized carbons (Fsp3) is 0.0833. The number of rotatable bonds is 6. The molecular formula is C24H18N2OS2. The summed E-state index contributed by atoms with van der Waals surface area (Å²) >= 11 is 3.00. The summed E-state index contributed by atoms with van der Waals surface area (Å²) in [5.41, 5.74) is 4.30. The van der Waals surface area contributed by atoms with Crippen molar-refractivity contribution in [2.24, 2.45) is 0 Å². The van der Waals surface area contributed by atoms with E-state index in [-0.39, 0.29) is 0 Å². The Balaban J connectivity index is 1.42. The van der Waals surface area contributed by atoms with Crippen molar-refractivity contribution < 1.29 is 4.74 Å². The van der Waals surface area contributed by atoms with Crippen molar-refractivity contribution >= 4 is 39.4 Å². The lowest BCUT2D eigenvalue weighted by Gasteiger charge is -2.07. The van der Waals surface area contributed by atoms with Gasteiger partial charge in [-0.3, -0.25) is 0 Å². The van der Waals surface area contributed by atoms with Crippen LogP contribution < -0.4 is 4.74 Å². The second kappa shape index (κ2) is 8.95. The third-order valence-corrected chi connectivity index (χ3v) is 6.31. The average Bonchev–Trinajstić information content (AvgIpc) is 3.16.